The summed E-state index contributed by atoms with van der Waals surface area (Å²) in [6, 6.07) is 7.95. The maximum Gasteiger partial charge on any atom is 0.129 e. The highest BCUT2D eigenvalue weighted by Gasteiger charge is 2.04. The predicted octanol–water partition coefficient (Wildman–Crippen LogP) is 3.78. The monoisotopic (exact) mass is 269 g/mol. The van der Waals surface area contributed by atoms with Gasteiger partial charge in [0.2, 0.25) is 0 Å². The van der Waals surface area contributed by atoms with Gasteiger partial charge in [-0.2, -0.15) is 0 Å². The van der Waals surface area contributed by atoms with Gasteiger partial charge < -0.3 is 10.5 Å². The highest BCUT2D eigenvalue weighted by Crippen LogP contribution is 2.21. The van der Waals surface area contributed by atoms with E-state index in [2.05, 4.69) is 0 Å². The minimum atomic E-state index is -0.686. The standard InChI is InChI=1S/C13H10ClF2NO/c14-9-2-1-8(13(17)3-9)7-18-12-5-10(15)4-11(16)6-12/h1-6H,7,17H2. The van der Waals surface area contributed by atoms with E-state index >= 15 is 0 Å². The van der Waals surface area contributed by atoms with Crippen molar-refractivity contribution in [2.45, 2.75) is 6.61 Å². The molecule has 0 aromatic heterocycles. The molecule has 2 aromatic carbocycles. The summed E-state index contributed by atoms with van der Waals surface area (Å²) in [6.45, 7) is 0.117. The Morgan fingerprint density at radius 1 is 1.06 bits per heavy atom. The van der Waals surface area contributed by atoms with E-state index < -0.39 is 11.6 Å². The third-order valence-corrected chi connectivity index (χ3v) is 2.57. The van der Waals surface area contributed by atoms with E-state index in [1.807, 2.05) is 0 Å². The van der Waals surface area contributed by atoms with Crippen LogP contribution in [0.25, 0.3) is 0 Å². The van der Waals surface area contributed by atoms with Crippen molar-refractivity contribution < 1.29 is 13.5 Å². The molecule has 94 valence electrons. The third-order valence-electron chi connectivity index (χ3n) is 2.34. The number of benzene rings is 2. The Bertz CT molecular complexity index is 555. The van der Waals surface area contributed by atoms with E-state index in [9.17, 15) is 8.78 Å². The second-order valence-corrected chi connectivity index (χ2v) is 4.17. The Balaban J connectivity index is 2.11. The number of nitrogen functional groups attached to an aromatic ring is 1. The summed E-state index contributed by atoms with van der Waals surface area (Å²) < 4.78 is 31.1. The van der Waals surface area contributed by atoms with Crippen LogP contribution in [0.3, 0.4) is 0 Å². The first-order valence-electron chi connectivity index (χ1n) is 5.17. The molecule has 0 saturated heterocycles. The van der Waals surface area contributed by atoms with Crippen molar-refractivity contribution in [1.29, 1.82) is 0 Å². The Morgan fingerprint density at radius 2 is 1.72 bits per heavy atom. The Labute approximate surface area is 108 Å². The minimum absolute atomic E-state index is 0.113. The van der Waals surface area contributed by atoms with Crippen LogP contribution in [0.4, 0.5) is 14.5 Å². The summed E-state index contributed by atoms with van der Waals surface area (Å²) in [5.74, 6) is -1.26. The number of rotatable bonds is 3. The molecule has 0 amide bonds. The van der Waals surface area contributed by atoms with Crippen molar-refractivity contribution in [3.8, 4) is 5.75 Å². The predicted molar refractivity (Wildman–Crippen MR) is 66.6 cm³/mol. The summed E-state index contributed by atoms with van der Waals surface area (Å²) in [6.07, 6.45) is 0. The zero-order valence-electron chi connectivity index (χ0n) is 9.29. The fourth-order valence-corrected chi connectivity index (χ4v) is 1.65. The highest BCUT2D eigenvalue weighted by atomic mass is 35.5. The Morgan fingerprint density at radius 3 is 2.33 bits per heavy atom. The molecule has 0 aliphatic heterocycles. The van der Waals surface area contributed by atoms with Crippen LogP contribution < -0.4 is 10.5 Å². The van der Waals surface area contributed by atoms with Gasteiger partial charge >= 0.3 is 0 Å². The number of hydrogen-bond donors (Lipinski definition) is 1. The fraction of sp³-hybridized carbons (Fsp3) is 0.0769. The van der Waals surface area contributed by atoms with Gasteiger partial charge in [0.15, 0.2) is 0 Å². The Hall–Kier alpha value is -1.81. The molecule has 2 rings (SSSR count). The lowest BCUT2D eigenvalue weighted by atomic mass is 10.2. The van der Waals surface area contributed by atoms with Crippen molar-refractivity contribution in [3.05, 3.63) is 58.6 Å². The first-order valence-corrected chi connectivity index (χ1v) is 5.55. The van der Waals surface area contributed by atoms with Gasteiger partial charge in [-0.1, -0.05) is 17.7 Å². The topological polar surface area (TPSA) is 35.2 Å². The molecule has 0 unspecified atom stereocenters. The number of anilines is 1. The average Bonchev–Trinajstić information content (AvgIpc) is 2.26. The number of nitrogens with two attached hydrogens (primary N) is 1. The van der Waals surface area contributed by atoms with Gasteiger partial charge in [-0.15, -0.1) is 0 Å². The fourth-order valence-electron chi connectivity index (χ4n) is 1.47. The Kier molecular flexibility index (Phi) is 3.67. The van der Waals surface area contributed by atoms with E-state index in [-0.39, 0.29) is 12.4 Å². The largest absolute Gasteiger partial charge is 0.489 e. The first-order chi connectivity index (χ1) is 8.54. The minimum Gasteiger partial charge on any atom is -0.489 e. The van der Waals surface area contributed by atoms with Crippen molar-refractivity contribution >= 4 is 17.3 Å². The molecule has 0 radical (unpaired) electrons. The van der Waals surface area contributed by atoms with E-state index in [1.165, 1.54) is 0 Å². The van der Waals surface area contributed by atoms with Gasteiger partial charge in [0.25, 0.3) is 0 Å². The molecule has 2 nitrogen and oxygen atoms in total. The molecular weight excluding hydrogens is 260 g/mol. The molecular formula is C13H10ClF2NO. The molecule has 0 saturated carbocycles. The van der Waals surface area contributed by atoms with E-state index in [0.717, 1.165) is 18.2 Å². The van der Waals surface area contributed by atoms with Gasteiger partial charge in [0.1, 0.15) is 24.0 Å². The summed E-state index contributed by atoms with van der Waals surface area (Å²) in [7, 11) is 0. The second-order valence-electron chi connectivity index (χ2n) is 3.74. The van der Waals surface area contributed by atoms with E-state index in [1.54, 1.807) is 18.2 Å². The summed E-state index contributed by atoms with van der Waals surface area (Å²) in [5, 5.41) is 0.521. The lowest BCUT2D eigenvalue weighted by molar-refractivity contribution is 0.303. The lowest BCUT2D eigenvalue weighted by Gasteiger charge is -2.09. The normalized spacial score (nSPS) is 10.4. The first kappa shape index (κ1) is 12.6. The van der Waals surface area contributed by atoms with Gasteiger partial charge in [-0.05, 0) is 12.1 Å². The molecule has 0 fully saturated rings. The molecule has 2 N–H and O–H groups in total. The number of halogens is 3. The van der Waals surface area contributed by atoms with Crippen LogP contribution in [-0.4, -0.2) is 0 Å². The molecule has 5 heteroatoms. The van der Waals surface area contributed by atoms with Gasteiger partial charge in [-0.3, -0.25) is 0 Å². The molecule has 0 heterocycles. The van der Waals surface area contributed by atoms with Crippen molar-refractivity contribution in [3.63, 3.8) is 0 Å². The third kappa shape index (κ3) is 3.11. The van der Waals surface area contributed by atoms with Crippen molar-refractivity contribution in [2.75, 3.05) is 5.73 Å². The van der Waals surface area contributed by atoms with Crippen LogP contribution in [0, 0.1) is 11.6 Å². The zero-order valence-corrected chi connectivity index (χ0v) is 10.0. The van der Waals surface area contributed by atoms with Crippen molar-refractivity contribution in [2.24, 2.45) is 0 Å². The van der Waals surface area contributed by atoms with Crippen LogP contribution in [0.5, 0.6) is 5.75 Å². The summed E-state index contributed by atoms with van der Waals surface area (Å²) in [5.41, 5.74) is 6.90. The van der Waals surface area contributed by atoms with Gasteiger partial charge in [0.05, 0.1) is 0 Å². The van der Waals surface area contributed by atoms with Crippen LogP contribution in [-0.2, 0) is 6.61 Å². The molecule has 0 spiro atoms. The average molecular weight is 270 g/mol. The molecule has 18 heavy (non-hydrogen) atoms. The highest BCUT2D eigenvalue weighted by molar-refractivity contribution is 6.30. The summed E-state index contributed by atoms with van der Waals surface area (Å²) >= 11 is 5.76. The van der Waals surface area contributed by atoms with Crippen LogP contribution in [0.15, 0.2) is 36.4 Å². The molecule has 0 bridgehead atoms. The smallest absolute Gasteiger partial charge is 0.129 e. The zero-order chi connectivity index (χ0) is 13.1. The van der Waals surface area contributed by atoms with E-state index in [4.69, 9.17) is 22.1 Å². The quantitative estimate of drug-likeness (QED) is 0.861. The van der Waals surface area contributed by atoms with Gasteiger partial charge in [0, 0.05) is 34.5 Å². The molecule has 0 atom stereocenters. The van der Waals surface area contributed by atoms with Crippen LogP contribution >= 0.6 is 11.6 Å². The molecule has 0 aliphatic rings. The van der Waals surface area contributed by atoms with Gasteiger partial charge in [-0.25, -0.2) is 8.78 Å². The number of hydrogen-bond acceptors (Lipinski definition) is 2. The van der Waals surface area contributed by atoms with Crippen LogP contribution in [0.1, 0.15) is 5.56 Å². The lowest BCUT2D eigenvalue weighted by Crippen LogP contribution is -2.00. The maximum atomic E-state index is 12.9. The van der Waals surface area contributed by atoms with E-state index in [0.29, 0.717) is 16.3 Å². The number of ether oxygens (including phenoxy) is 1. The van der Waals surface area contributed by atoms with Crippen molar-refractivity contribution in [1.82, 2.24) is 0 Å². The maximum absolute atomic E-state index is 12.9. The summed E-state index contributed by atoms with van der Waals surface area (Å²) in [4.78, 5) is 0. The van der Waals surface area contributed by atoms with Crippen LogP contribution in [0.2, 0.25) is 5.02 Å². The SMILES string of the molecule is Nc1cc(Cl)ccc1COc1cc(F)cc(F)c1. The molecule has 2 aromatic rings. The second kappa shape index (κ2) is 5.23. The molecule has 0 aliphatic carbocycles.